The van der Waals surface area contributed by atoms with Gasteiger partial charge < -0.3 is 5.32 Å². The standard InChI is InChI=1S/C18H26N2/c1-2-7-16-13-20(10-9-14(16)5-1)17-11-15-6-3-4-8-18(15)19-12-17/h3-4,6,8,14,16-17,19H,1-2,5,7,9-13H2. The molecule has 1 saturated heterocycles. The molecule has 4 rings (SSSR count). The number of likely N-dealkylation sites (tertiary alicyclic amines) is 1. The molecule has 1 aromatic rings. The lowest BCUT2D eigenvalue weighted by Gasteiger charge is -2.45. The number of hydrogen-bond acceptors (Lipinski definition) is 2. The Balaban J connectivity index is 1.44. The van der Waals surface area contributed by atoms with Crippen molar-refractivity contribution in [3.05, 3.63) is 29.8 Å². The molecule has 20 heavy (non-hydrogen) atoms. The van der Waals surface area contributed by atoms with Gasteiger partial charge in [0.25, 0.3) is 0 Å². The second kappa shape index (κ2) is 5.40. The molecular weight excluding hydrogens is 244 g/mol. The maximum absolute atomic E-state index is 3.64. The van der Waals surface area contributed by atoms with Gasteiger partial charge in [0.15, 0.2) is 0 Å². The zero-order valence-electron chi connectivity index (χ0n) is 12.4. The van der Waals surface area contributed by atoms with Crippen molar-refractivity contribution in [2.75, 3.05) is 25.0 Å². The number of hydrogen-bond donors (Lipinski definition) is 1. The van der Waals surface area contributed by atoms with Crippen LogP contribution in [-0.4, -0.2) is 30.6 Å². The molecule has 0 bridgehead atoms. The Morgan fingerprint density at radius 3 is 2.80 bits per heavy atom. The van der Waals surface area contributed by atoms with Gasteiger partial charge in [0.1, 0.15) is 0 Å². The van der Waals surface area contributed by atoms with Crippen molar-refractivity contribution >= 4 is 5.69 Å². The topological polar surface area (TPSA) is 15.3 Å². The Kier molecular flexibility index (Phi) is 3.43. The number of para-hydroxylation sites is 1. The number of piperidine rings is 1. The highest BCUT2D eigenvalue weighted by Gasteiger charge is 2.34. The van der Waals surface area contributed by atoms with Crippen molar-refractivity contribution < 1.29 is 0 Å². The van der Waals surface area contributed by atoms with Gasteiger partial charge in [0.05, 0.1) is 0 Å². The first-order valence-electron chi connectivity index (χ1n) is 8.46. The van der Waals surface area contributed by atoms with E-state index in [1.54, 1.807) is 0 Å². The normalized spacial score (nSPS) is 33.9. The molecule has 2 fully saturated rings. The van der Waals surface area contributed by atoms with E-state index in [-0.39, 0.29) is 0 Å². The quantitative estimate of drug-likeness (QED) is 0.840. The average molecular weight is 270 g/mol. The van der Waals surface area contributed by atoms with Crippen LogP contribution in [0.1, 0.15) is 37.7 Å². The first-order valence-corrected chi connectivity index (χ1v) is 8.46. The number of rotatable bonds is 1. The van der Waals surface area contributed by atoms with Crippen molar-refractivity contribution in [3.63, 3.8) is 0 Å². The summed E-state index contributed by atoms with van der Waals surface area (Å²) in [6.45, 7) is 3.82. The lowest BCUT2D eigenvalue weighted by molar-refractivity contribution is 0.0593. The Hall–Kier alpha value is -1.02. The summed E-state index contributed by atoms with van der Waals surface area (Å²) in [5.41, 5.74) is 2.87. The van der Waals surface area contributed by atoms with Gasteiger partial charge in [-0.25, -0.2) is 0 Å². The number of fused-ring (bicyclic) bond motifs is 2. The molecule has 3 atom stereocenters. The third-order valence-electron chi connectivity index (χ3n) is 5.84. The predicted octanol–water partition coefficient (Wildman–Crippen LogP) is 3.54. The average Bonchev–Trinajstić information content (AvgIpc) is 2.54. The van der Waals surface area contributed by atoms with Crippen LogP contribution in [0, 0.1) is 11.8 Å². The second-order valence-electron chi connectivity index (χ2n) is 6.98. The minimum atomic E-state index is 0.716. The summed E-state index contributed by atoms with van der Waals surface area (Å²) < 4.78 is 0. The van der Waals surface area contributed by atoms with Gasteiger partial charge in [-0.15, -0.1) is 0 Å². The van der Waals surface area contributed by atoms with Gasteiger partial charge in [-0.3, -0.25) is 4.90 Å². The summed E-state index contributed by atoms with van der Waals surface area (Å²) in [4.78, 5) is 2.79. The number of nitrogens with one attached hydrogen (secondary N) is 1. The minimum absolute atomic E-state index is 0.716. The van der Waals surface area contributed by atoms with Crippen LogP contribution in [0.4, 0.5) is 5.69 Å². The summed E-state index contributed by atoms with van der Waals surface area (Å²) in [7, 11) is 0. The number of anilines is 1. The molecule has 0 spiro atoms. The van der Waals surface area contributed by atoms with Crippen molar-refractivity contribution in [1.29, 1.82) is 0 Å². The van der Waals surface area contributed by atoms with Crippen LogP contribution in [-0.2, 0) is 6.42 Å². The molecule has 2 nitrogen and oxygen atoms in total. The summed E-state index contributed by atoms with van der Waals surface area (Å²) in [6, 6.07) is 9.55. The maximum atomic E-state index is 3.64. The van der Waals surface area contributed by atoms with E-state index < -0.39 is 0 Å². The molecule has 2 heterocycles. The van der Waals surface area contributed by atoms with Crippen LogP contribution >= 0.6 is 0 Å². The molecule has 1 aromatic carbocycles. The van der Waals surface area contributed by atoms with Gasteiger partial charge in [-0.05, 0) is 49.3 Å². The van der Waals surface area contributed by atoms with E-state index in [9.17, 15) is 0 Å². The molecule has 1 N–H and O–H groups in total. The maximum Gasteiger partial charge on any atom is 0.0373 e. The van der Waals surface area contributed by atoms with Gasteiger partial charge >= 0.3 is 0 Å². The van der Waals surface area contributed by atoms with Gasteiger partial charge in [-0.1, -0.05) is 37.5 Å². The molecule has 0 radical (unpaired) electrons. The van der Waals surface area contributed by atoms with Gasteiger partial charge in [-0.2, -0.15) is 0 Å². The monoisotopic (exact) mass is 270 g/mol. The molecule has 1 saturated carbocycles. The Bertz CT molecular complexity index is 470. The van der Waals surface area contributed by atoms with Crippen LogP contribution in [0.5, 0.6) is 0 Å². The molecule has 0 aromatic heterocycles. The smallest absolute Gasteiger partial charge is 0.0373 e. The molecular formula is C18H26N2. The number of benzene rings is 1. The largest absolute Gasteiger partial charge is 0.383 e. The Morgan fingerprint density at radius 2 is 1.85 bits per heavy atom. The molecule has 2 aliphatic heterocycles. The van der Waals surface area contributed by atoms with E-state index >= 15 is 0 Å². The molecule has 108 valence electrons. The highest BCUT2D eigenvalue weighted by molar-refractivity contribution is 5.53. The Morgan fingerprint density at radius 1 is 1.00 bits per heavy atom. The van der Waals surface area contributed by atoms with E-state index in [0.717, 1.165) is 18.4 Å². The van der Waals surface area contributed by atoms with Crippen molar-refractivity contribution in [2.45, 2.75) is 44.6 Å². The van der Waals surface area contributed by atoms with Crippen LogP contribution in [0.25, 0.3) is 0 Å². The van der Waals surface area contributed by atoms with Gasteiger partial charge in [0.2, 0.25) is 0 Å². The fraction of sp³-hybridized carbons (Fsp3) is 0.667. The van der Waals surface area contributed by atoms with Crippen LogP contribution in [0.15, 0.2) is 24.3 Å². The van der Waals surface area contributed by atoms with E-state index in [1.807, 2.05) is 0 Å². The van der Waals surface area contributed by atoms with Crippen LogP contribution in [0.2, 0.25) is 0 Å². The highest BCUT2D eigenvalue weighted by Crippen LogP contribution is 2.37. The van der Waals surface area contributed by atoms with Crippen molar-refractivity contribution in [1.82, 2.24) is 4.90 Å². The van der Waals surface area contributed by atoms with E-state index in [4.69, 9.17) is 0 Å². The fourth-order valence-corrected chi connectivity index (χ4v) is 4.64. The third-order valence-corrected chi connectivity index (χ3v) is 5.84. The van der Waals surface area contributed by atoms with Crippen LogP contribution < -0.4 is 5.32 Å². The SMILES string of the molecule is c1ccc2c(c1)CC(N1CCC3CCCCC3C1)CN2. The zero-order chi connectivity index (χ0) is 13.4. The highest BCUT2D eigenvalue weighted by atomic mass is 15.2. The summed E-state index contributed by atoms with van der Waals surface area (Å²) in [6.07, 6.45) is 8.63. The summed E-state index contributed by atoms with van der Waals surface area (Å²) in [5.74, 6) is 2.04. The van der Waals surface area contributed by atoms with E-state index in [2.05, 4.69) is 34.5 Å². The van der Waals surface area contributed by atoms with E-state index in [1.165, 1.54) is 62.9 Å². The zero-order valence-corrected chi connectivity index (χ0v) is 12.4. The summed E-state index contributed by atoms with van der Waals surface area (Å²) >= 11 is 0. The molecule has 1 aliphatic carbocycles. The summed E-state index contributed by atoms with van der Waals surface area (Å²) in [5, 5.41) is 3.64. The van der Waals surface area contributed by atoms with E-state index in [0.29, 0.717) is 6.04 Å². The molecule has 3 unspecified atom stereocenters. The third kappa shape index (κ3) is 2.35. The lowest BCUT2D eigenvalue weighted by Crippen LogP contribution is -2.51. The fourth-order valence-electron chi connectivity index (χ4n) is 4.64. The van der Waals surface area contributed by atoms with Crippen LogP contribution in [0.3, 0.4) is 0 Å². The van der Waals surface area contributed by atoms with Gasteiger partial charge in [0, 0.05) is 24.8 Å². The number of nitrogens with zero attached hydrogens (tertiary/aromatic N) is 1. The van der Waals surface area contributed by atoms with Crippen molar-refractivity contribution in [2.24, 2.45) is 11.8 Å². The minimum Gasteiger partial charge on any atom is -0.383 e. The predicted molar refractivity (Wildman–Crippen MR) is 84.1 cm³/mol. The lowest BCUT2D eigenvalue weighted by atomic mass is 9.74. The molecule has 2 heteroatoms. The second-order valence-corrected chi connectivity index (χ2v) is 6.98. The molecule has 0 amide bonds. The molecule has 3 aliphatic rings. The Labute approximate surface area is 122 Å². The first kappa shape index (κ1) is 12.7. The first-order chi connectivity index (χ1) is 9.90. The van der Waals surface area contributed by atoms with Crippen molar-refractivity contribution in [3.8, 4) is 0 Å².